The summed E-state index contributed by atoms with van der Waals surface area (Å²) in [4.78, 5) is 14.3. The maximum absolute atomic E-state index is 10.5. The van der Waals surface area contributed by atoms with Gasteiger partial charge >= 0.3 is 0 Å². The lowest BCUT2D eigenvalue weighted by Gasteiger charge is -2.09. The third kappa shape index (κ3) is 2.17. The van der Waals surface area contributed by atoms with Gasteiger partial charge in [0.05, 0.1) is 5.69 Å². The zero-order valence-electron chi connectivity index (χ0n) is 9.90. The average molecular weight is 223 g/mol. The Labute approximate surface area is 101 Å². The molecule has 0 aliphatic rings. The van der Waals surface area contributed by atoms with Crippen LogP contribution in [-0.2, 0) is 4.79 Å². The molecule has 84 valence electrons. The topological polar surface area (TPSA) is 29.4 Å². The number of carbonyl (C=O) groups excluding carboxylic acids is 1. The number of para-hydroxylation sites is 1. The third-order valence-electron chi connectivity index (χ3n) is 2.83. The minimum Gasteiger partial charge on any atom is -0.211 e. The number of hydrogen-bond acceptors (Lipinski definition) is 2. The minimum absolute atomic E-state index is 0.705. The highest BCUT2D eigenvalue weighted by Gasteiger charge is 2.08. The summed E-state index contributed by atoms with van der Waals surface area (Å²) in [5.41, 5.74) is 4.93. The van der Waals surface area contributed by atoms with Crippen LogP contribution in [0.15, 0.2) is 47.5 Å². The van der Waals surface area contributed by atoms with Gasteiger partial charge in [0.25, 0.3) is 0 Å². The molecule has 0 aromatic heterocycles. The molecule has 0 amide bonds. The predicted octanol–water partition coefficient (Wildman–Crippen LogP) is 3.94. The van der Waals surface area contributed by atoms with Crippen LogP contribution in [-0.4, -0.2) is 6.08 Å². The Morgan fingerprint density at radius 1 is 0.882 bits per heavy atom. The molecule has 0 N–H and O–H groups in total. The zero-order chi connectivity index (χ0) is 12.3. The van der Waals surface area contributed by atoms with E-state index in [1.54, 1.807) is 6.08 Å². The fraction of sp³-hybridized carbons (Fsp3) is 0.133. The number of aryl methyl sites for hydroxylation is 2. The Balaban J connectivity index is 2.72. The number of hydrogen-bond donors (Lipinski definition) is 0. The molecule has 0 radical (unpaired) electrons. The van der Waals surface area contributed by atoms with Crippen LogP contribution in [0, 0.1) is 13.8 Å². The Morgan fingerprint density at radius 3 is 2.24 bits per heavy atom. The molecule has 2 aromatic carbocycles. The molecule has 0 fully saturated rings. The fourth-order valence-corrected chi connectivity index (χ4v) is 1.95. The highest BCUT2D eigenvalue weighted by Crippen LogP contribution is 2.34. The Bertz CT molecular complexity index is 596. The van der Waals surface area contributed by atoms with E-state index in [1.807, 2.05) is 56.3 Å². The molecule has 0 spiro atoms. The van der Waals surface area contributed by atoms with Gasteiger partial charge in [-0.1, -0.05) is 42.5 Å². The van der Waals surface area contributed by atoms with Gasteiger partial charge in [-0.3, -0.25) is 0 Å². The molecular weight excluding hydrogens is 210 g/mol. The highest BCUT2D eigenvalue weighted by atomic mass is 16.1. The number of nitrogens with zero attached hydrogens (tertiary/aromatic N) is 1. The molecule has 0 aliphatic heterocycles. The first kappa shape index (κ1) is 11.3. The van der Waals surface area contributed by atoms with Gasteiger partial charge in [0.15, 0.2) is 0 Å². The van der Waals surface area contributed by atoms with Crippen LogP contribution in [0.5, 0.6) is 0 Å². The zero-order valence-corrected chi connectivity index (χ0v) is 9.90. The fourth-order valence-electron chi connectivity index (χ4n) is 1.95. The summed E-state index contributed by atoms with van der Waals surface area (Å²) in [6, 6.07) is 14.0. The molecule has 17 heavy (non-hydrogen) atoms. The van der Waals surface area contributed by atoms with Gasteiger partial charge < -0.3 is 0 Å². The summed E-state index contributed by atoms with van der Waals surface area (Å²) < 4.78 is 0. The van der Waals surface area contributed by atoms with E-state index >= 15 is 0 Å². The number of benzene rings is 2. The van der Waals surface area contributed by atoms with Crippen LogP contribution in [0.2, 0.25) is 0 Å². The molecule has 2 aromatic rings. The van der Waals surface area contributed by atoms with Crippen molar-refractivity contribution in [1.29, 1.82) is 0 Å². The molecule has 0 aliphatic carbocycles. The maximum atomic E-state index is 10.5. The highest BCUT2D eigenvalue weighted by molar-refractivity contribution is 5.81. The first-order chi connectivity index (χ1) is 8.24. The number of rotatable bonds is 2. The van der Waals surface area contributed by atoms with Crippen molar-refractivity contribution in [1.82, 2.24) is 0 Å². The summed E-state index contributed by atoms with van der Waals surface area (Å²) in [5.74, 6) is 0. The van der Waals surface area contributed by atoms with Crippen LogP contribution >= 0.6 is 0 Å². The van der Waals surface area contributed by atoms with Crippen molar-refractivity contribution in [2.45, 2.75) is 13.8 Å². The molecule has 0 unspecified atom stereocenters. The standard InChI is InChI=1S/C15H13NO/c1-11-6-3-4-8-13(11)14-9-5-7-12(2)15(14)16-10-17/h3-9H,1-2H3. The molecule has 2 rings (SSSR count). The SMILES string of the molecule is Cc1ccccc1-c1cccc(C)c1N=C=O. The third-order valence-corrected chi connectivity index (χ3v) is 2.83. The minimum atomic E-state index is 0.705. The van der Waals surface area contributed by atoms with Gasteiger partial charge in [-0.2, -0.15) is 4.99 Å². The van der Waals surface area contributed by atoms with Gasteiger partial charge in [-0.15, -0.1) is 0 Å². The van der Waals surface area contributed by atoms with Crippen molar-refractivity contribution in [3.05, 3.63) is 53.6 Å². The average Bonchev–Trinajstić information content (AvgIpc) is 2.33. The predicted molar refractivity (Wildman–Crippen MR) is 69.1 cm³/mol. The Kier molecular flexibility index (Phi) is 3.17. The van der Waals surface area contributed by atoms with E-state index in [4.69, 9.17) is 0 Å². The van der Waals surface area contributed by atoms with Crippen molar-refractivity contribution >= 4 is 11.8 Å². The quantitative estimate of drug-likeness (QED) is 0.560. The van der Waals surface area contributed by atoms with E-state index in [0.717, 1.165) is 16.7 Å². The molecule has 0 atom stereocenters. The summed E-state index contributed by atoms with van der Waals surface area (Å²) in [6.45, 7) is 3.99. The molecular formula is C15H13NO. The molecule has 0 saturated carbocycles. The van der Waals surface area contributed by atoms with E-state index < -0.39 is 0 Å². The Hall–Kier alpha value is -2.18. The van der Waals surface area contributed by atoms with Gasteiger partial charge in [0, 0.05) is 5.56 Å². The molecule has 0 heterocycles. The van der Waals surface area contributed by atoms with E-state index in [0.29, 0.717) is 5.69 Å². The van der Waals surface area contributed by atoms with Crippen LogP contribution in [0.3, 0.4) is 0 Å². The van der Waals surface area contributed by atoms with Gasteiger partial charge in [0.2, 0.25) is 6.08 Å². The second kappa shape index (κ2) is 4.77. The summed E-state index contributed by atoms with van der Waals surface area (Å²) in [6.07, 6.45) is 1.63. The van der Waals surface area contributed by atoms with Crippen molar-refractivity contribution in [2.75, 3.05) is 0 Å². The number of aliphatic imine (C=N–C) groups is 1. The first-order valence-electron chi connectivity index (χ1n) is 5.47. The van der Waals surface area contributed by atoms with E-state index in [-0.39, 0.29) is 0 Å². The molecule has 2 heteroatoms. The van der Waals surface area contributed by atoms with Crippen LogP contribution < -0.4 is 0 Å². The second-order valence-electron chi connectivity index (χ2n) is 3.99. The van der Waals surface area contributed by atoms with Crippen molar-refractivity contribution < 1.29 is 4.79 Å². The van der Waals surface area contributed by atoms with Crippen molar-refractivity contribution in [3.63, 3.8) is 0 Å². The van der Waals surface area contributed by atoms with E-state index in [9.17, 15) is 4.79 Å². The smallest absolute Gasteiger partial charge is 0.211 e. The lowest BCUT2D eigenvalue weighted by atomic mass is 9.97. The van der Waals surface area contributed by atoms with Crippen LogP contribution in [0.25, 0.3) is 11.1 Å². The summed E-state index contributed by atoms with van der Waals surface area (Å²) in [5, 5.41) is 0. The monoisotopic (exact) mass is 223 g/mol. The lowest BCUT2D eigenvalue weighted by Crippen LogP contribution is -1.85. The molecule has 0 bridgehead atoms. The largest absolute Gasteiger partial charge is 0.240 e. The van der Waals surface area contributed by atoms with E-state index in [1.165, 1.54) is 5.56 Å². The van der Waals surface area contributed by atoms with Crippen LogP contribution in [0.1, 0.15) is 11.1 Å². The molecule has 0 saturated heterocycles. The maximum Gasteiger partial charge on any atom is 0.240 e. The molecule has 2 nitrogen and oxygen atoms in total. The Morgan fingerprint density at radius 2 is 1.53 bits per heavy atom. The van der Waals surface area contributed by atoms with Gasteiger partial charge in [0.1, 0.15) is 0 Å². The first-order valence-corrected chi connectivity index (χ1v) is 5.47. The van der Waals surface area contributed by atoms with Crippen LogP contribution in [0.4, 0.5) is 5.69 Å². The van der Waals surface area contributed by atoms with E-state index in [2.05, 4.69) is 4.99 Å². The number of isocyanates is 1. The second-order valence-corrected chi connectivity index (χ2v) is 3.99. The normalized spacial score (nSPS) is 9.76. The lowest BCUT2D eigenvalue weighted by molar-refractivity contribution is 0.565. The van der Waals surface area contributed by atoms with Gasteiger partial charge in [-0.05, 0) is 30.5 Å². The van der Waals surface area contributed by atoms with Crippen molar-refractivity contribution in [3.8, 4) is 11.1 Å². The van der Waals surface area contributed by atoms with Gasteiger partial charge in [-0.25, -0.2) is 4.79 Å². The summed E-state index contributed by atoms with van der Waals surface area (Å²) >= 11 is 0. The summed E-state index contributed by atoms with van der Waals surface area (Å²) in [7, 11) is 0. The van der Waals surface area contributed by atoms with Crippen molar-refractivity contribution in [2.24, 2.45) is 4.99 Å².